The molecule has 0 radical (unpaired) electrons. The number of ether oxygens (including phenoxy) is 1. The number of rotatable bonds is 3. The van der Waals surface area contributed by atoms with Gasteiger partial charge >= 0.3 is 0 Å². The minimum Gasteiger partial charge on any atom is -0.450 e. The van der Waals surface area contributed by atoms with Crippen LogP contribution in [0.4, 0.5) is 0 Å². The molecule has 1 aliphatic heterocycles. The van der Waals surface area contributed by atoms with E-state index in [0.717, 1.165) is 10.0 Å². The molecule has 0 bridgehead atoms. The minimum absolute atomic E-state index is 0.170. The van der Waals surface area contributed by atoms with Crippen LogP contribution in [-0.4, -0.2) is 21.8 Å². The van der Waals surface area contributed by atoms with Gasteiger partial charge in [0, 0.05) is 22.9 Å². The Hall–Kier alpha value is -1.33. The maximum atomic E-state index is 12.1. The van der Waals surface area contributed by atoms with Crippen molar-refractivity contribution in [2.75, 3.05) is 0 Å². The summed E-state index contributed by atoms with van der Waals surface area (Å²) < 4.78 is 6.26. The fourth-order valence-electron chi connectivity index (χ4n) is 1.99. The van der Waals surface area contributed by atoms with Crippen LogP contribution in [0.2, 0.25) is 0 Å². The summed E-state index contributed by atoms with van der Waals surface area (Å²) in [7, 11) is 0. The number of hydrogen-bond acceptors (Lipinski definition) is 3. The van der Waals surface area contributed by atoms with Gasteiger partial charge in [0.25, 0.3) is 5.91 Å². The molecular formula is C14H16BrNO3. The number of amides is 1. The summed E-state index contributed by atoms with van der Waals surface area (Å²) in [5.74, 6) is -1.74. The van der Waals surface area contributed by atoms with E-state index in [0.29, 0.717) is 18.5 Å². The van der Waals surface area contributed by atoms with E-state index in [1.165, 1.54) is 11.2 Å². The Balaban J connectivity index is 2.39. The van der Waals surface area contributed by atoms with Crippen molar-refractivity contribution < 1.29 is 14.6 Å². The second kappa shape index (κ2) is 5.35. The molecule has 1 atom stereocenters. The zero-order chi connectivity index (χ0) is 14.0. The summed E-state index contributed by atoms with van der Waals surface area (Å²) in [6, 6.07) is 7.51. The molecule has 5 heteroatoms. The molecule has 19 heavy (non-hydrogen) atoms. The van der Waals surface area contributed by atoms with Crippen LogP contribution in [0.5, 0.6) is 0 Å². The first-order valence-corrected chi connectivity index (χ1v) is 7.00. The largest absolute Gasteiger partial charge is 0.450 e. The molecule has 0 fully saturated rings. The molecule has 0 spiro atoms. The van der Waals surface area contributed by atoms with Gasteiger partial charge in [0.15, 0.2) is 0 Å². The number of hydrogen-bond donors (Lipinski definition) is 1. The number of carbonyl (C=O) groups is 1. The number of aliphatic hydroxyl groups is 1. The molecular weight excluding hydrogens is 310 g/mol. The van der Waals surface area contributed by atoms with Crippen LogP contribution in [0.3, 0.4) is 0 Å². The lowest BCUT2D eigenvalue weighted by Crippen LogP contribution is -2.47. The van der Waals surface area contributed by atoms with Gasteiger partial charge in [0.05, 0.1) is 5.70 Å². The third-order valence-corrected chi connectivity index (χ3v) is 3.63. The van der Waals surface area contributed by atoms with Crippen molar-refractivity contribution in [2.24, 2.45) is 0 Å². The molecule has 1 aliphatic rings. The van der Waals surface area contributed by atoms with Gasteiger partial charge < -0.3 is 9.84 Å². The monoisotopic (exact) mass is 325 g/mol. The van der Waals surface area contributed by atoms with Gasteiger partial charge in [0.1, 0.15) is 6.26 Å². The second-order valence-electron chi connectivity index (χ2n) is 4.31. The highest BCUT2D eigenvalue weighted by Crippen LogP contribution is 2.36. The van der Waals surface area contributed by atoms with Crippen molar-refractivity contribution in [3.63, 3.8) is 0 Å². The average molecular weight is 326 g/mol. The lowest BCUT2D eigenvalue weighted by Gasteiger charge is -2.32. The van der Waals surface area contributed by atoms with Crippen LogP contribution in [0.25, 0.3) is 5.70 Å². The molecule has 4 nitrogen and oxygen atoms in total. The third-order valence-electron chi connectivity index (χ3n) is 3.10. The van der Waals surface area contributed by atoms with E-state index in [2.05, 4.69) is 15.9 Å². The molecule has 0 saturated carbocycles. The first-order valence-electron chi connectivity index (χ1n) is 6.21. The number of nitrogens with zero attached hydrogens (tertiary/aromatic N) is 1. The van der Waals surface area contributed by atoms with E-state index in [1.807, 2.05) is 24.3 Å². The topological polar surface area (TPSA) is 49.8 Å². The van der Waals surface area contributed by atoms with Crippen molar-refractivity contribution in [1.29, 1.82) is 0 Å². The normalized spacial score (nSPS) is 22.1. The van der Waals surface area contributed by atoms with Crippen LogP contribution in [0, 0.1) is 0 Å². The van der Waals surface area contributed by atoms with E-state index in [-0.39, 0.29) is 5.91 Å². The van der Waals surface area contributed by atoms with Gasteiger partial charge in [-0.25, -0.2) is 4.90 Å². The summed E-state index contributed by atoms with van der Waals surface area (Å²) in [6.07, 6.45) is 2.05. The molecule has 1 amide bonds. The lowest BCUT2D eigenvalue weighted by atomic mass is 10.1. The van der Waals surface area contributed by atoms with Crippen LogP contribution in [0.1, 0.15) is 32.3 Å². The Bertz CT molecular complexity index is 512. The molecule has 0 saturated heterocycles. The average Bonchev–Trinajstić information content (AvgIpc) is 2.77. The second-order valence-corrected chi connectivity index (χ2v) is 5.22. The van der Waals surface area contributed by atoms with Crippen LogP contribution in [-0.2, 0) is 9.53 Å². The fraction of sp³-hybridized carbons (Fsp3) is 0.357. The molecule has 1 heterocycles. The summed E-state index contributed by atoms with van der Waals surface area (Å²) in [4.78, 5) is 13.4. The first kappa shape index (κ1) is 14.1. The van der Waals surface area contributed by atoms with E-state index in [4.69, 9.17) is 4.74 Å². The molecule has 1 aromatic rings. The van der Waals surface area contributed by atoms with Gasteiger partial charge in [-0.1, -0.05) is 41.9 Å². The third kappa shape index (κ3) is 2.53. The van der Waals surface area contributed by atoms with E-state index >= 15 is 0 Å². The van der Waals surface area contributed by atoms with Crippen molar-refractivity contribution in [1.82, 2.24) is 4.90 Å². The summed E-state index contributed by atoms with van der Waals surface area (Å²) >= 11 is 3.37. The zero-order valence-electron chi connectivity index (χ0n) is 10.9. The Morgan fingerprint density at radius 3 is 2.53 bits per heavy atom. The van der Waals surface area contributed by atoms with E-state index in [9.17, 15) is 9.90 Å². The first-order chi connectivity index (χ1) is 9.01. The summed E-state index contributed by atoms with van der Waals surface area (Å²) in [6.45, 7) is 3.53. The zero-order valence-corrected chi connectivity index (χ0v) is 12.5. The Kier molecular flexibility index (Phi) is 3.96. The molecule has 2 rings (SSSR count). The van der Waals surface area contributed by atoms with Crippen molar-refractivity contribution in [3.05, 3.63) is 40.6 Å². The molecule has 0 aliphatic carbocycles. The predicted molar refractivity (Wildman–Crippen MR) is 75.6 cm³/mol. The standard InChI is InChI=1S/C14H16BrNO3/c1-3-13(17)16-12(9-19-14(16,18)4-2)10-5-7-11(15)8-6-10/h5-9,18H,3-4H2,1-2H3. The van der Waals surface area contributed by atoms with Gasteiger partial charge in [-0.05, 0) is 12.1 Å². The molecule has 1 N–H and O–H groups in total. The van der Waals surface area contributed by atoms with Crippen molar-refractivity contribution in [2.45, 2.75) is 32.6 Å². The Morgan fingerprint density at radius 2 is 2.00 bits per heavy atom. The Labute approximate surface area is 120 Å². The quantitative estimate of drug-likeness (QED) is 0.929. The molecule has 1 unspecified atom stereocenters. The number of halogens is 1. The lowest BCUT2D eigenvalue weighted by molar-refractivity contribution is -0.229. The van der Waals surface area contributed by atoms with Crippen LogP contribution in [0.15, 0.2) is 35.0 Å². The van der Waals surface area contributed by atoms with Gasteiger partial charge in [-0.3, -0.25) is 4.79 Å². The smallest absolute Gasteiger partial charge is 0.297 e. The summed E-state index contributed by atoms with van der Waals surface area (Å²) in [5, 5.41) is 10.4. The number of benzene rings is 1. The van der Waals surface area contributed by atoms with Crippen molar-refractivity contribution in [3.8, 4) is 0 Å². The molecule has 0 aromatic heterocycles. The van der Waals surface area contributed by atoms with E-state index in [1.54, 1.807) is 13.8 Å². The van der Waals surface area contributed by atoms with Gasteiger partial charge in [-0.2, -0.15) is 0 Å². The Morgan fingerprint density at radius 1 is 1.37 bits per heavy atom. The minimum atomic E-state index is -1.57. The highest BCUT2D eigenvalue weighted by Gasteiger charge is 2.44. The highest BCUT2D eigenvalue weighted by molar-refractivity contribution is 9.10. The van der Waals surface area contributed by atoms with E-state index < -0.39 is 5.91 Å². The predicted octanol–water partition coefficient (Wildman–Crippen LogP) is 3.07. The number of carbonyl (C=O) groups excluding carboxylic acids is 1. The SMILES string of the molecule is CCC(=O)N1C(c2ccc(Br)cc2)=COC1(O)CC. The highest BCUT2D eigenvalue weighted by atomic mass is 79.9. The summed E-state index contributed by atoms with van der Waals surface area (Å²) in [5.41, 5.74) is 1.41. The van der Waals surface area contributed by atoms with Crippen LogP contribution >= 0.6 is 15.9 Å². The molecule has 102 valence electrons. The fourth-order valence-corrected chi connectivity index (χ4v) is 2.25. The molecule has 1 aromatic carbocycles. The van der Waals surface area contributed by atoms with Crippen LogP contribution < -0.4 is 0 Å². The van der Waals surface area contributed by atoms with Crippen molar-refractivity contribution >= 4 is 27.5 Å². The maximum absolute atomic E-state index is 12.1. The van der Waals surface area contributed by atoms with Gasteiger partial charge in [0.2, 0.25) is 5.91 Å². The van der Waals surface area contributed by atoms with Gasteiger partial charge in [-0.15, -0.1) is 0 Å². The maximum Gasteiger partial charge on any atom is 0.297 e.